The largest absolute Gasteiger partial charge is 0.309 e. The molecule has 0 spiro atoms. The molecule has 7 heteroatoms. The summed E-state index contributed by atoms with van der Waals surface area (Å²) in [5, 5.41) is 7.37. The third-order valence-corrected chi connectivity index (χ3v) is 3.31. The van der Waals surface area contributed by atoms with Crippen LogP contribution in [0.2, 0.25) is 0 Å². The van der Waals surface area contributed by atoms with Crippen molar-refractivity contribution in [1.29, 1.82) is 0 Å². The van der Waals surface area contributed by atoms with Gasteiger partial charge in [-0.25, -0.2) is 4.98 Å². The normalized spacial score (nSPS) is 10.8. The smallest absolute Gasteiger partial charge is 0.261 e. The molecule has 1 aromatic carbocycles. The SMILES string of the molecule is Cc1cc(NC(=O)Cn2cnc3ccccc3c2=O)n(C)n1. The maximum Gasteiger partial charge on any atom is 0.261 e. The molecule has 0 saturated carbocycles. The van der Waals surface area contributed by atoms with E-state index in [1.54, 1.807) is 36.0 Å². The molecule has 112 valence electrons. The summed E-state index contributed by atoms with van der Waals surface area (Å²) in [6.45, 7) is 1.74. The molecule has 22 heavy (non-hydrogen) atoms. The van der Waals surface area contributed by atoms with Crippen LogP contribution < -0.4 is 10.9 Å². The van der Waals surface area contributed by atoms with E-state index in [4.69, 9.17) is 0 Å². The van der Waals surface area contributed by atoms with Gasteiger partial charge in [-0.15, -0.1) is 0 Å². The molecule has 0 aliphatic heterocycles. The van der Waals surface area contributed by atoms with Gasteiger partial charge in [0.1, 0.15) is 12.4 Å². The average molecular weight is 297 g/mol. The number of fused-ring (bicyclic) bond motifs is 1. The van der Waals surface area contributed by atoms with E-state index in [0.717, 1.165) is 5.69 Å². The van der Waals surface area contributed by atoms with Crippen LogP contribution in [0.3, 0.4) is 0 Å². The van der Waals surface area contributed by atoms with Gasteiger partial charge in [0.15, 0.2) is 0 Å². The molecule has 1 amide bonds. The minimum Gasteiger partial charge on any atom is -0.309 e. The summed E-state index contributed by atoms with van der Waals surface area (Å²) in [5.74, 6) is 0.284. The summed E-state index contributed by atoms with van der Waals surface area (Å²) in [4.78, 5) is 28.6. The lowest BCUT2D eigenvalue weighted by Gasteiger charge is -2.07. The Balaban J connectivity index is 1.84. The van der Waals surface area contributed by atoms with Crippen molar-refractivity contribution in [2.75, 3.05) is 5.32 Å². The predicted octanol–water partition coefficient (Wildman–Crippen LogP) is 1.08. The molecule has 2 aromatic heterocycles. The Kier molecular flexibility index (Phi) is 3.46. The predicted molar refractivity (Wildman–Crippen MR) is 82.6 cm³/mol. The number of nitrogens with zero attached hydrogens (tertiary/aromatic N) is 4. The molecule has 1 N–H and O–H groups in total. The number of rotatable bonds is 3. The molecular weight excluding hydrogens is 282 g/mol. The minimum atomic E-state index is -0.304. The Bertz CT molecular complexity index is 910. The first-order chi connectivity index (χ1) is 10.5. The Morgan fingerprint density at radius 2 is 2.09 bits per heavy atom. The van der Waals surface area contributed by atoms with Gasteiger partial charge in [0.05, 0.1) is 22.9 Å². The molecule has 0 saturated heterocycles. The highest BCUT2D eigenvalue weighted by Gasteiger charge is 2.10. The fourth-order valence-corrected chi connectivity index (χ4v) is 2.28. The van der Waals surface area contributed by atoms with Crippen LogP contribution in [0.5, 0.6) is 0 Å². The zero-order valence-electron chi connectivity index (χ0n) is 12.3. The van der Waals surface area contributed by atoms with E-state index in [1.165, 1.54) is 10.9 Å². The van der Waals surface area contributed by atoms with Crippen LogP contribution in [0, 0.1) is 6.92 Å². The van der Waals surface area contributed by atoms with E-state index in [0.29, 0.717) is 16.7 Å². The van der Waals surface area contributed by atoms with Crippen LogP contribution >= 0.6 is 0 Å². The van der Waals surface area contributed by atoms with E-state index >= 15 is 0 Å². The molecule has 0 atom stereocenters. The Morgan fingerprint density at radius 1 is 1.32 bits per heavy atom. The molecule has 3 aromatic rings. The molecule has 0 aliphatic rings. The van der Waals surface area contributed by atoms with E-state index in [9.17, 15) is 9.59 Å². The van der Waals surface area contributed by atoms with Crippen molar-refractivity contribution in [2.45, 2.75) is 13.5 Å². The fourth-order valence-electron chi connectivity index (χ4n) is 2.28. The van der Waals surface area contributed by atoms with Gasteiger partial charge in [0.25, 0.3) is 5.56 Å². The third kappa shape index (κ3) is 2.60. The number of hydrogen-bond acceptors (Lipinski definition) is 4. The lowest BCUT2D eigenvalue weighted by Crippen LogP contribution is -2.28. The number of para-hydroxylation sites is 1. The average Bonchev–Trinajstić information content (AvgIpc) is 2.80. The monoisotopic (exact) mass is 297 g/mol. The van der Waals surface area contributed by atoms with Gasteiger partial charge in [-0.05, 0) is 19.1 Å². The number of carbonyl (C=O) groups is 1. The Labute approximate surface area is 126 Å². The van der Waals surface area contributed by atoms with E-state index in [2.05, 4.69) is 15.4 Å². The van der Waals surface area contributed by atoms with Gasteiger partial charge in [-0.2, -0.15) is 5.10 Å². The molecule has 7 nitrogen and oxygen atoms in total. The highest BCUT2D eigenvalue weighted by Crippen LogP contribution is 2.08. The highest BCUT2D eigenvalue weighted by atomic mass is 16.2. The van der Waals surface area contributed by atoms with Gasteiger partial charge < -0.3 is 5.32 Å². The highest BCUT2D eigenvalue weighted by molar-refractivity contribution is 5.90. The number of anilines is 1. The molecule has 3 rings (SSSR count). The molecule has 0 aliphatic carbocycles. The number of aromatic nitrogens is 4. The van der Waals surface area contributed by atoms with Gasteiger partial charge >= 0.3 is 0 Å². The van der Waals surface area contributed by atoms with Crippen LogP contribution in [0.1, 0.15) is 5.69 Å². The van der Waals surface area contributed by atoms with E-state index < -0.39 is 0 Å². The second-order valence-electron chi connectivity index (χ2n) is 5.04. The topological polar surface area (TPSA) is 81.8 Å². The summed E-state index contributed by atoms with van der Waals surface area (Å²) in [5.41, 5.74) is 1.19. The number of nitrogens with one attached hydrogen (secondary N) is 1. The van der Waals surface area contributed by atoms with Crippen molar-refractivity contribution in [3.63, 3.8) is 0 Å². The van der Waals surface area contributed by atoms with Gasteiger partial charge in [0.2, 0.25) is 5.91 Å². The van der Waals surface area contributed by atoms with Crippen molar-refractivity contribution in [2.24, 2.45) is 7.05 Å². The molecule has 0 unspecified atom stereocenters. The first-order valence-corrected chi connectivity index (χ1v) is 6.79. The van der Waals surface area contributed by atoms with Gasteiger partial charge in [-0.1, -0.05) is 12.1 Å². The molecule has 0 bridgehead atoms. The third-order valence-electron chi connectivity index (χ3n) is 3.31. The first-order valence-electron chi connectivity index (χ1n) is 6.79. The standard InChI is InChI=1S/C15H15N5O2/c1-10-7-13(19(2)18-10)17-14(21)8-20-9-16-12-6-4-3-5-11(12)15(20)22/h3-7,9H,8H2,1-2H3,(H,17,21). The second kappa shape index (κ2) is 5.44. The van der Waals surface area contributed by atoms with Crippen molar-refractivity contribution in [1.82, 2.24) is 19.3 Å². The van der Waals surface area contributed by atoms with Crippen molar-refractivity contribution in [3.8, 4) is 0 Å². The molecule has 2 heterocycles. The summed E-state index contributed by atoms with van der Waals surface area (Å²) in [6, 6.07) is 8.81. The number of aryl methyl sites for hydroxylation is 2. The quantitative estimate of drug-likeness (QED) is 0.784. The number of hydrogen-bond donors (Lipinski definition) is 1. The zero-order chi connectivity index (χ0) is 15.7. The number of benzene rings is 1. The Hall–Kier alpha value is -2.96. The van der Waals surface area contributed by atoms with Crippen LogP contribution in [-0.4, -0.2) is 25.2 Å². The lowest BCUT2D eigenvalue weighted by atomic mass is 10.2. The van der Waals surface area contributed by atoms with Crippen LogP contribution in [-0.2, 0) is 18.4 Å². The number of amides is 1. The summed E-state index contributed by atoms with van der Waals surface area (Å²) < 4.78 is 2.87. The molecule has 0 fully saturated rings. The van der Waals surface area contributed by atoms with Gasteiger partial charge in [-0.3, -0.25) is 18.8 Å². The summed E-state index contributed by atoms with van der Waals surface area (Å²) in [7, 11) is 1.74. The number of carbonyl (C=O) groups excluding carboxylic acids is 1. The fraction of sp³-hybridized carbons (Fsp3) is 0.200. The Morgan fingerprint density at radius 3 is 2.82 bits per heavy atom. The van der Waals surface area contributed by atoms with Crippen molar-refractivity contribution >= 4 is 22.6 Å². The molecule has 0 radical (unpaired) electrons. The summed E-state index contributed by atoms with van der Waals surface area (Å²) in [6.07, 6.45) is 1.39. The van der Waals surface area contributed by atoms with Crippen molar-refractivity contribution in [3.05, 3.63) is 52.7 Å². The second-order valence-corrected chi connectivity index (χ2v) is 5.04. The van der Waals surface area contributed by atoms with Gasteiger partial charge in [0, 0.05) is 13.1 Å². The van der Waals surface area contributed by atoms with Crippen LogP contribution in [0.15, 0.2) is 41.5 Å². The molecular formula is C15H15N5O2. The van der Waals surface area contributed by atoms with Crippen molar-refractivity contribution < 1.29 is 4.79 Å². The van der Waals surface area contributed by atoms with Crippen LogP contribution in [0.25, 0.3) is 10.9 Å². The maximum absolute atomic E-state index is 12.3. The summed E-state index contributed by atoms with van der Waals surface area (Å²) >= 11 is 0. The maximum atomic E-state index is 12.3. The van der Waals surface area contributed by atoms with E-state index in [-0.39, 0.29) is 18.0 Å². The van der Waals surface area contributed by atoms with E-state index in [1.807, 2.05) is 13.0 Å². The zero-order valence-corrected chi connectivity index (χ0v) is 12.3. The minimum absolute atomic E-state index is 0.0963. The lowest BCUT2D eigenvalue weighted by molar-refractivity contribution is -0.116. The first kappa shape index (κ1) is 14.0. The van der Waals surface area contributed by atoms with Crippen LogP contribution in [0.4, 0.5) is 5.82 Å².